The van der Waals surface area contributed by atoms with Crippen LogP contribution in [0.3, 0.4) is 0 Å². The lowest BCUT2D eigenvalue weighted by Crippen LogP contribution is -2.49. The minimum atomic E-state index is -0.362. The molecule has 2 aromatic rings. The van der Waals surface area contributed by atoms with Crippen LogP contribution in [0.2, 0.25) is 0 Å². The maximum atomic E-state index is 13.0. The molecule has 1 unspecified atom stereocenters. The van der Waals surface area contributed by atoms with E-state index in [0.29, 0.717) is 37.0 Å². The number of aromatic nitrogens is 3. The second-order valence-corrected chi connectivity index (χ2v) is 7.94. The van der Waals surface area contributed by atoms with E-state index in [1.807, 2.05) is 4.90 Å². The number of amides is 1. The van der Waals surface area contributed by atoms with Crippen molar-refractivity contribution in [1.82, 2.24) is 20.0 Å². The number of pyridine rings is 1. The van der Waals surface area contributed by atoms with E-state index < -0.39 is 0 Å². The van der Waals surface area contributed by atoms with Crippen LogP contribution in [-0.2, 0) is 14.9 Å². The third-order valence-corrected chi connectivity index (χ3v) is 6.04. The van der Waals surface area contributed by atoms with Gasteiger partial charge in [-0.2, -0.15) is 4.98 Å². The van der Waals surface area contributed by atoms with Gasteiger partial charge in [0.2, 0.25) is 5.89 Å². The Labute approximate surface area is 170 Å². The Kier molecular flexibility index (Phi) is 6.20. The summed E-state index contributed by atoms with van der Waals surface area (Å²) in [5, 5.41) is 4.37. The summed E-state index contributed by atoms with van der Waals surface area (Å²) in [5.74, 6) is 1.63. The molecule has 4 heterocycles. The lowest BCUT2D eigenvalue weighted by atomic mass is 9.76. The topological polar surface area (TPSA) is 90.6 Å². The molecule has 0 bridgehead atoms. The van der Waals surface area contributed by atoms with Gasteiger partial charge in [-0.25, -0.2) is 0 Å². The first kappa shape index (κ1) is 20.0. The largest absolute Gasteiger partial charge is 0.385 e. The average molecular weight is 400 g/mol. The molecule has 8 nitrogen and oxygen atoms in total. The number of methoxy groups -OCH3 is 1. The van der Waals surface area contributed by atoms with Gasteiger partial charge in [-0.3, -0.25) is 9.78 Å². The molecule has 0 aliphatic carbocycles. The summed E-state index contributed by atoms with van der Waals surface area (Å²) < 4.78 is 16.5. The number of hydrogen-bond donors (Lipinski definition) is 0. The second kappa shape index (κ2) is 9.00. The second-order valence-electron chi connectivity index (χ2n) is 7.94. The van der Waals surface area contributed by atoms with Crippen LogP contribution in [-0.4, -0.2) is 66.0 Å². The Balaban J connectivity index is 1.57. The molecular formula is C21H28N4O4. The number of piperidine rings is 1. The van der Waals surface area contributed by atoms with E-state index in [9.17, 15) is 4.79 Å². The van der Waals surface area contributed by atoms with Crippen molar-refractivity contribution in [2.75, 3.05) is 40.0 Å². The molecule has 1 amide bonds. The predicted molar refractivity (Wildman–Crippen MR) is 105 cm³/mol. The molecular weight excluding hydrogens is 372 g/mol. The van der Waals surface area contributed by atoms with Crippen LogP contribution in [0.25, 0.3) is 0 Å². The summed E-state index contributed by atoms with van der Waals surface area (Å²) in [6, 6.07) is 3.59. The fourth-order valence-corrected chi connectivity index (χ4v) is 4.33. The zero-order valence-corrected chi connectivity index (χ0v) is 16.9. The van der Waals surface area contributed by atoms with Crippen molar-refractivity contribution >= 4 is 5.91 Å². The molecule has 2 aliphatic rings. The lowest BCUT2D eigenvalue weighted by molar-refractivity contribution is 0.0566. The van der Waals surface area contributed by atoms with Gasteiger partial charge in [0.15, 0.2) is 5.82 Å². The van der Waals surface area contributed by atoms with Crippen molar-refractivity contribution in [3.8, 4) is 0 Å². The summed E-state index contributed by atoms with van der Waals surface area (Å²) in [6.07, 6.45) is 7.62. The molecule has 1 atom stereocenters. The molecule has 0 saturated carbocycles. The van der Waals surface area contributed by atoms with E-state index in [0.717, 1.165) is 45.3 Å². The number of carbonyl (C=O) groups excluding carboxylic acids is 1. The van der Waals surface area contributed by atoms with Crippen LogP contribution in [0.1, 0.15) is 60.1 Å². The fraction of sp³-hybridized carbons (Fsp3) is 0.619. The molecule has 0 spiro atoms. The number of hydrogen-bond acceptors (Lipinski definition) is 7. The molecule has 8 heteroatoms. The van der Waals surface area contributed by atoms with Gasteiger partial charge in [0.1, 0.15) is 0 Å². The van der Waals surface area contributed by atoms with Crippen LogP contribution in [0.15, 0.2) is 29.0 Å². The van der Waals surface area contributed by atoms with Gasteiger partial charge in [0.05, 0.1) is 11.0 Å². The number of nitrogens with zero attached hydrogens (tertiary/aromatic N) is 4. The Morgan fingerprint density at radius 3 is 3.00 bits per heavy atom. The highest BCUT2D eigenvalue weighted by atomic mass is 16.5. The van der Waals surface area contributed by atoms with Crippen molar-refractivity contribution < 1.29 is 18.8 Å². The Hall–Kier alpha value is -2.32. The molecule has 0 N–H and O–H groups in total. The standard InChI is InChI=1S/C21H28N4O4/c1-27-13-8-21(20-23-18(29-24-20)16-5-11-28-12-6-16)7-3-10-25(15-21)19(26)17-4-2-9-22-14-17/h2,4,9,14,16H,3,5-8,10-13,15H2,1H3. The summed E-state index contributed by atoms with van der Waals surface area (Å²) in [6.45, 7) is 3.30. The van der Waals surface area contributed by atoms with Crippen molar-refractivity contribution in [3.05, 3.63) is 41.8 Å². The smallest absolute Gasteiger partial charge is 0.255 e. The van der Waals surface area contributed by atoms with Crippen LogP contribution in [0.5, 0.6) is 0 Å². The van der Waals surface area contributed by atoms with Crippen molar-refractivity contribution in [2.45, 2.75) is 43.4 Å². The highest BCUT2D eigenvalue weighted by Crippen LogP contribution is 2.37. The third kappa shape index (κ3) is 4.33. The van der Waals surface area contributed by atoms with Crippen LogP contribution < -0.4 is 0 Å². The summed E-state index contributed by atoms with van der Waals surface area (Å²) in [7, 11) is 1.69. The lowest BCUT2D eigenvalue weighted by Gasteiger charge is -2.41. The van der Waals surface area contributed by atoms with E-state index in [4.69, 9.17) is 19.0 Å². The average Bonchev–Trinajstić information content (AvgIpc) is 3.30. The number of ether oxygens (including phenoxy) is 2. The van der Waals surface area contributed by atoms with E-state index in [-0.39, 0.29) is 17.2 Å². The van der Waals surface area contributed by atoms with Gasteiger partial charge in [0.25, 0.3) is 5.91 Å². The van der Waals surface area contributed by atoms with Crippen molar-refractivity contribution in [1.29, 1.82) is 0 Å². The van der Waals surface area contributed by atoms with Gasteiger partial charge in [-0.15, -0.1) is 0 Å². The SMILES string of the molecule is COCCC1(c2noc(C3CCOCC3)n2)CCCN(C(=O)c2cccnc2)C1. The molecule has 156 valence electrons. The van der Waals surface area contributed by atoms with Gasteiger partial charge < -0.3 is 18.9 Å². The number of likely N-dealkylation sites (tertiary alicyclic amines) is 1. The predicted octanol–water partition coefficient (Wildman–Crippen LogP) is 2.57. The molecule has 2 saturated heterocycles. The van der Waals surface area contributed by atoms with Crippen molar-refractivity contribution in [3.63, 3.8) is 0 Å². The Morgan fingerprint density at radius 2 is 2.24 bits per heavy atom. The maximum absolute atomic E-state index is 13.0. The molecule has 4 rings (SSSR count). The fourth-order valence-electron chi connectivity index (χ4n) is 4.33. The van der Waals surface area contributed by atoms with Crippen molar-refractivity contribution in [2.24, 2.45) is 0 Å². The van der Waals surface area contributed by atoms with E-state index in [1.54, 1.807) is 31.6 Å². The molecule has 0 radical (unpaired) electrons. The first-order valence-corrected chi connectivity index (χ1v) is 10.3. The van der Waals surface area contributed by atoms with E-state index in [1.165, 1.54) is 0 Å². The van der Waals surface area contributed by atoms with Gasteiger partial charge in [-0.05, 0) is 44.2 Å². The molecule has 29 heavy (non-hydrogen) atoms. The quantitative estimate of drug-likeness (QED) is 0.736. The summed E-state index contributed by atoms with van der Waals surface area (Å²) in [5.41, 5.74) is 0.241. The Morgan fingerprint density at radius 1 is 1.38 bits per heavy atom. The van der Waals surface area contributed by atoms with E-state index >= 15 is 0 Å². The zero-order valence-electron chi connectivity index (χ0n) is 16.9. The molecule has 2 fully saturated rings. The highest BCUT2D eigenvalue weighted by molar-refractivity contribution is 5.94. The first-order valence-electron chi connectivity index (χ1n) is 10.3. The van der Waals surface area contributed by atoms with Crippen LogP contribution >= 0.6 is 0 Å². The van der Waals surface area contributed by atoms with Crippen LogP contribution in [0, 0.1) is 0 Å². The van der Waals surface area contributed by atoms with Gasteiger partial charge >= 0.3 is 0 Å². The minimum absolute atomic E-state index is 0.00672. The first-order chi connectivity index (χ1) is 14.2. The minimum Gasteiger partial charge on any atom is -0.385 e. The molecule has 2 aliphatic heterocycles. The summed E-state index contributed by atoms with van der Waals surface area (Å²) >= 11 is 0. The summed E-state index contributed by atoms with van der Waals surface area (Å²) in [4.78, 5) is 23.8. The highest BCUT2D eigenvalue weighted by Gasteiger charge is 2.43. The third-order valence-electron chi connectivity index (χ3n) is 6.04. The molecule has 2 aromatic heterocycles. The number of rotatable bonds is 6. The molecule has 0 aromatic carbocycles. The number of carbonyl (C=O) groups is 1. The van der Waals surface area contributed by atoms with Gasteiger partial charge in [-0.1, -0.05) is 5.16 Å². The Bertz CT molecular complexity index is 806. The van der Waals surface area contributed by atoms with Crippen LogP contribution in [0.4, 0.5) is 0 Å². The maximum Gasteiger partial charge on any atom is 0.255 e. The zero-order chi connectivity index (χ0) is 20.1. The van der Waals surface area contributed by atoms with E-state index in [2.05, 4.69) is 10.1 Å². The monoisotopic (exact) mass is 400 g/mol. The van der Waals surface area contributed by atoms with Gasteiger partial charge in [0, 0.05) is 58.3 Å². The normalized spacial score (nSPS) is 23.3.